The topological polar surface area (TPSA) is 20.2 Å². The maximum absolute atomic E-state index is 10.7. The highest BCUT2D eigenvalue weighted by molar-refractivity contribution is 5.24. The van der Waals surface area contributed by atoms with E-state index < -0.39 is 0 Å². The van der Waals surface area contributed by atoms with Crippen molar-refractivity contribution in [1.29, 1.82) is 0 Å². The first-order valence-corrected chi connectivity index (χ1v) is 8.36. The third kappa shape index (κ3) is 2.20. The molecule has 1 unspecified atom stereocenters. The molecule has 1 aromatic carbocycles. The molecule has 0 amide bonds. The highest BCUT2D eigenvalue weighted by atomic mass is 16.3. The van der Waals surface area contributed by atoms with Gasteiger partial charge < -0.3 is 5.11 Å². The zero-order chi connectivity index (χ0) is 13.7. The fourth-order valence-corrected chi connectivity index (χ4v) is 5.95. The van der Waals surface area contributed by atoms with Gasteiger partial charge in [-0.2, -0.15) is 0 Å². The molecule has 1 N–H and O–H groups in total. The van der Waals surface area contributed by atoms with Crippen LogP contribution in [0.3, 0.4) is 0 Å². The third-order valence-corrected chi connectivity index (χ3v) is 6.22. The molecule has 1 aromatic rings. The number of hydrogen-bond acceptors (Lipinski definition) is 1. The summed E-state index contributed by atoms with van der Waals surface area (Å²) in [7, 11) is 0. The number of rotatable bonds is 3. The van der Waals surface area contributed by atoms with Crippen LogP contribution in [0.15, 0.2) is 24.3 Å². The van der Waals surface area contributed by atoms with E-state index in [1.165, 1.54) is 44.1 Å². The van der Waals surface area contributed by atoms with Crippen molar-refractivity contribution in [3.05, 3.63) is 35.4 Å². The van der Waals surface area contributed by atoms with Crippen molar-refractivity contribution >= 4 is 0 Å². The summed E-state index contributed by atoms with van der Waals surface area (Å²) in [5.41, 5.74) is 2.85. The molecule has 0 spiro atoms. The Labute approximate surface area is 122 Å². The van der Waals surface area contributed by atoms with Crippen LogP contribution < -0.4 is 0 Å². The highest BCUT2D eigenvalue weighted by Gasteiger charge is 2.51. The molecule has 1 heteroatoms. The van der Waals surface area contributed by atoms with Crippen LogP contribution in [0.1, 0.15) is 62.2 Å². The number of aryl methyl sites for hydroxylation is 1. The average molecular weight is 270 g/mol. The van der Waals surface area contributed by atoms with E-state index in [0.29, 0.717) is 5.41 Å². The summed E-state index contributed by atoms with van der Waals surface area (Å²) in [6.45, 7) is 2.11. The van der Waals surface area contributed by atoms with E-state index in [2.05, 4.69) is 31.2 Å². The molecule has 1 atom stereocenters. The monoisotopic (exact) mass is 270 g/mol. The van der Waals surface area contributed by atoms with Gasteiger partial charge in [0.15, 0.2) is 0 Å². The molecular formula is C19H26O. The van der Waals surface area contributed by atoms with Crippen LogP contribution >= 0.6 is 0 Å². The fourth-order valence-electron chi connectivity index (χ4n) is 5.95. The van der Waals surface area contributed by atoms with Gasteiger partial charge in [0.25, 0.3) is 0 Å². The average Bonchev–Trinajstić information content (AvgIpc) is 2.36. The SMILES string of the molecule is Cc1cccc(C(O)CC23CC4CC(CC(C4)C2)C3)c1. The van der Waals surface area contributed by atoms with Crippen molar-refractivity contribution in [3.63, 3.8) is 0 Å². The van der Waals surface area contributed by atoms with Gasteiger partial charge >= 0.3 is 0 Å². The first-order chi connectivity index (χ1) is 9.62. The van der Waals surface area contributed by atoms with Crippen molar-refractivity contribution in [1.82, 2.24) is 0 Å². The van der Waals surface area contributed by atoms with Gasteiger partial charge in [0.05, 0.1) is 6.10 Å². The summed E-state index contributed by atoms with van der Waals surface area (Å²) in [4.78, 5) is 0. The first-order valence-electron chi connectivity index (χ1n) is 8.36. The Morgan fingerprint density at radius 2 is 1.70 bits per heavy atom. The predicted molar refractivity (Wildman–Crippen MR) is 81.4 cm³/mol. The summed E-state index contributed by atoms with van der Waals surface area (Å²) in [6.07, 6.45) is 9.37. The summed E-state index contributed by atoms with van der Waals surface area (Å²) in [6, 6.07) is 8.44. The molecule has 0 radical (unpaired) electrons. The molecule has 4 fully saturated rings. The van der Waals surface area contributed by atoms with E-state index >= 15 is 0 Å². The zero-order valence-electron chi connectivity index (χ0n) is 12.5. The Balaban J connectivity index is 1.53. The molecule has 4 bridgehead atoms. The van der Waals surface area contributed by atoms with Crippen LogP contribution in [0, 0.1) is 30.1 Å². The minimum Gasteiger partial charge on any atom is -0.388 e. The maximum atomic E-state index is 10.7. The van der Waals surface area contributed by atoms with Crippen LogP contribution in [-0.2, 0) is 0 Å². The van der Waals surface area contributed by atoms with E-state index in [-0.39, 0.29) is 6.10 Å². The molecule has 0 heterocycles. The van der Waals surface area contributed by atoms with Crippen LogP contribution in [-0.4, -0.2) is 5.11 Å². The number of aliphatic hydroxyl groups excluding tert-OH is 1. The molecule has 4 aliphatic rings. The second kappa shape index (κ2) is 4.59. The second-order valence-corrected chi connectivity index (χ2v) is 8.05. The van der Waals surface area contributed by atoms with Crippen LogP contribution in [0.4, 0.5) is 0 Å². The molecule has 4 saturated carbocycles. The lowest BCUT2D eigenvalue weighted by atomic mass is 9.48. The van der Waals surface area contributed by atoms with E-state index in [1.54, 1.807) is 0 Å². The zero-order valence-corrected chi connectivity index (χ0v) is 12.5. The molecule has 0 saturated heterocycles. The Hall–Kier alpha value is -0.820. The lowest BCUT2D eigenvalue weighted by molar-refractivity contribution is -0.0764. The van der Waals surface area contributed by atoms with Gasteiger partial charge in [-0.1, -0.05) is 29.8 Å². The van der Waals surface area contributed by atoms with Gasteiger partial charge in [0, 0.05) is 0 Å². The standard InChI is InChI=1S/C19H26O/c1-13-3-2-4-17(5-13)18(20)12-19-9-14-6-15(10-19)8-16(7-14)11-19/h2-5,14-16,18,20H,6-12H2,1H3. The van der Waals surface area contributed by atoms with Gasteiger partial charge in [-0.05, 0) is 80.6 Å². The van der Waals surface area contributed by atoms with Gasteiger partial charge in [-0.25, -0.2) is 0 Å². The summed E-state index contributed by atoms with van der Waals surface area (Å²) in [5, 5.41) is 10.7. The Morgan fingerprint density at radius 1 is 1.10 bits per heavy atom. The molecule has 4 aliphatic carbocycles. The van der Waals surface area contributed by atoms with Crippen LogP contribution in [0.5, 0.6) is 0 Å². The smallest absolute Gasteiger partial charge is 0.0795 e. The quantitative estimate of drug-likeness (QED) is 0.848. The summed E-state index contributed by atoms with van der Waals surface area (Å²) >= 11 is 0. The molecule has 5 rings (SSSR count). The molecular weight excluding hydrogens is 244 g/mol. The number of aliphatic hydroxyl groups is 1. The van der Waals surface area contributed by atoms with Crippen molar-refractivity contribution < 1.29 is 5.11 Å². The van der Waals surface area contributed by atoms with Gasteiger partial charge in [0.1, 0.15) is 0 Å². The van der Waals surface area contributed by atoms with Crippen molar-refractivity contribution in [2.45, 2.75) is 58.0 Å². The summed E-state index contributed by atoms with van der Waals surface area (Å²) in [5.74, 6) is 2.93. The largest absolute Gasteiger partial charge is 0.388 e. The van der Waals surface area contributed by atoms with E-state index in [0.717, 1.165) is 29.7 Å². The molecule has 108 valence electrons. The lowest BCUT2D eigenvalue weighted by Crippen LogP contribution is -2.46. The van der Waals surface area contributed by atoms with Crippen molar-refractivity contribution in [3.8, 4) is 0 Å². The normalized spacial score (nSPS) is 40.0. The lowest BCUT2D eigenvalue weighted by Gasteiger charge is -2.57. The Bertz CT molecular complexity index is 469. The predicted octanol–water partition coefficient (Wildman–Crippen LogP) is 4.63. The first kappa shape index (κ1) is 12.9. The van der Waals surface area contributed by atoms with E-state index in [1.807, 2.05) is 0 Å². The molecule has 1 nitrogen and oxygen atoms in total. The van der Waals surface area contributed by atoms with Crippen LogP contribution in [0.2, 0.25) is 0 Å². The summed E-state index contributed by atoms with van der Waals surface area (Å²) < 4.78 is 0. The highest BCUT2D eigenvalue weighted by Crippen LogP contribution is 2.62. The minimum atomic E-state index is -0.258. The van der Waals surface area contributed by atoms with Crippen molar-refractivity contribution in [2.24, 2.45) is 23.2 Å². The number of benzene rings is 1. The Kier molecular flexibility index (Phi) is 2.96. The Morgan fingerprint density at radius 3 is 2.25 bits per heavy atom. The molecule has 0 aliphatic heterocycles. The van der Waals surface area contributed by atoms with Gasteiger partial charge in [-0.15, -0.1) is 0 Å². The molecule has 0 aromatic heterocycles. The maximum Gasteiger partial charge on any atom is 0.0795 e. The van der Waals surface area contributed by atoms with E-state index in [9.17, 15) is 5.11 Å². The third-order valence-electron chi connectivity index (χ3n) is 6.22. The molecule has 20 heavy (non-hydrogen) atoms. The minimum absolute atomic E-state index is 0.258. The fraction of sp³-hybridized carbons (Fsp3) is 0.684. The van der Waals surface area contributed by atoms with E-state index in [4.69, 9.17) is 0 Å². The number of hydrogen-bond donors (Lipinski definition) is 1. The van der Waals surface area contributed by atoms with Gasteiger partial charge in [-0.3, -0.25) is 0 Å². The second-order valence-electron chi connectivity index (χ2n) is 8.05. The van der Waals surface area contributed by atoms with Crippen molar-refractivity contribution in [2.75, 3.05) is 0 Å². The van der Waals surface area contributed by atoms with Crippen LogP contribution in [0.25, 0.3) is 0 Å². The van der Waals surface area contributed by atoms with Gasteiger partial charge in [0.2, 0.25) is 0 Å².